The fraction of sp³-hybridized carbons (Fsp3) is 0.562. The van der Waals surface area contributed by atoms with E-state index >= 15 is 0 Å². The molecule has 5 heteroatoms. The summed E-state index contributed by atoms with van der Waals surface area (Å²) < 4.78 is 27.5. The second-order valence-electron chi connectivity index (χ2n) is 6.12. The van der Waals surface area contributed by atoms with Crippen LogP contribution in [0, 0.1) is 24.2 Å². The molecule has 0 spiro atoms. The number of rotatable bonds is 6. The average Bonchev–Trinajstić information content (AvgIpc) is 3.23. The van der Waals surface area contributed by atoms with Gasteiger partial charge in [0, 0.05) is 12.6 Å². The molecule has 114 valence electrons. The molecule has 1 aromatic rings. The van der Waals surface area contributed by atoms with Crippen molar-refractivity contribution in [3.8, 4) is 6.07 Å². The third kappa shape index (κ3) is 3.63. The molecule has 0 N–H and O–H groups in total. The van der Waals surface area contributed by atoms with Gasteiger partial charge in [-0.25, -0.2) is 8.42 Å². The number of nitrogens with zero attached hydrogens (tertiary/aromatic N) is 2. The van der Waals surface area contributed by atoms with Crippen molar-refractivity contribution in [2.45, 2.75) is 51.0 Å². The van der Waals surface area contributed by atoms with Crippen LogP contribution in [0.5, 0.6) is 0 Å². The summed E-state index contributed by atoms with van der Waals surface area (Å²) >= 11 is 0. The van der Waals surface area contributed by atoms with Gasteiger partial charge in [-0.05, 0) is 49.8 Å². The standard InChI is InChI=1S/C16H22N2O2S/c1-12(2)8-9-18(15-6-7-15)21(19,20)16-10-14(11-17)5-4-13(16)3/h4-5,10,12,15H,6-9H2,1-3H3. The van der Waals surface area contributed by atoms with E-state index in [1.54, 1.807) is 23.4 Å². The maximum Gasteiger partial charge on any atom is 0.243 e. The fourth-order valence-electron chi connectivity index (χ4n) is 2.32. The van der Waals surface area contributed by atoms with Gasteiger partial charge in [0.05, 0.1) is 16.5 Å². The summed E-state index contributed by atoms with van der Waals surface area (Å²) in [4.78, 5) is 0.275. The Kier molecular flexibility index (Phi) is 4.70. The van der Waals surface area contributed by atoms with Gasteiger partial charge in [-0.3, -0.25) is 0 Å². The van der Waals surface area contributed by atoms with Gasteiger partial charge in [0.15, 0.2) is 0 Å². The van der Waals surface area contributed by atoms with Crippen LogP contribution in [-0.2, 0) is 10.0 Å². The third-order valence-corrected chi connectivity index (χ3v) is 5.88. The van der Waals surface area contributed by atoms with Gasteiger partial charge in [-0.1, -0.05) is 19.9 Å². The molecule has 0 saturated heterocycles. The molecule has 1 aliphatic rings. The molecule has 21 heavy (non-hydrogen) atoms. The minimum absolute atomic E-state index is 0.138. The number of nitriles is 1. The largest absolute Gasteiger partial charge is 0.243 e. The number of sulfonamides is 1. The van der Waals surface area contributed by atoms with Crippen LogP contribution in [0.2, 0.25) is 0 Å². The second-order valence-corrected chi connectivity index (χ2v) is 7.98. The van der Waals surface area contributed by atoms with Gasteiger partial charge in [0.2, 0.25) is 10.0 Å². The van der Waals surface area contributed by atoms with E-state index in [9.17, 15) is 8.42 Å². The maximum absolute atomic E-state index is 12.9. The number of benzene rings is 1. The van der Waals surface area contributed by atoms with E-state index < -0.39 is 10.0 Å². The van der Waals surface area contributed by atoms with E-state index in [1.165, 1.54) is 6.07 Å². The molecular formula is C16H22N2O2S. The molecule has 1 fully saturated rings. The van der Waals surface area contributed by atoms with Crippen molar-refractivity contribution in [3.63, 3.8) is 0 Å². The molecular weight excluding hydrogens is 284 g/mol. The Morgan fingerprint density at radius 3 is 2.57 bits per heavy atom. The van der Waals surface area contributed by atoms with Gasteiger partial charge >= 0.3 is 0 Å². The molecule has 1 aliphatic carbocycles. The molecule has 0 heterocycles. The summed E-state index contributed by atoms with van der Waals surface area (Å²) in [7, 11) is -3.51. The molecule has 0 aromatic heterocycles. The summed E-state index contributed by atoms with van der Waals surface area (Å²) in [5.41, 5.74) is 1.09. The van der Waals surface area contributed by atoms with Crippen molar-refractivity contribution in [1.82, 2.24) is 4.31 Å². The van der Waals surface area contributed by atoms with Crippen LogP contribution >= 0.6 is 0 Å². The van der Waals surface area contributed by atoms with Crippen LogP contribution in [0.4, 0.5) is 0 Å². The van der Waals surface area contributed by atoms with Crippen LogP contribution in [0.25, 0.3) is 0 Å². The zero-order valence-corrected chi connectivity index (χ0v) is 13.7. The van der Waals surface area contributed by atoms with E-state index in [0.717, 1.165) is 19.3 Å². The number of aryl methyl sites for hydroxylation is 1. The number of hydrogen-bond donors (Lipinski definition) is 0. The molecule has 0 unspecified atom stereocenters. The normalized spacial score (nSPS) is 15.4. The van der Waals surface area contributed by atoms with Crippen molar-refractivity contribution in [2.24, 2.45) is 5.92 Å². The first-order chi connectivity index (χ1) is 9.86. The quantitative estimate of drug-likeness (QED) is 0.811. The lowest BCUT2D eigenvalue weighted by atomic mass is 10.1. The third-order valence-electron chi connectivity index (χ3n) is 3.78. The highest BCUT2D eigenvalue weighted by atomic mass is 32.2. The predicted octanol–water partition coefficient (Wildman–Crippen LogP) is 3.07. The van der Waals surface area contributed by atoms with Crippen molar-refractivity contribution in [3.05, 3.63) is 29.3 Å². The van der Waals surface area contributed by atoms with Crippen molar-refractivity contribution >= 4 is 10.0 Å². The first-order valence-electron chi connectivity index (χ1n) is 7.39. The lowest BCUT2D eigenvalue weighted by Crippen LogP contribution is -2.35. The Balaban J connectivity index is 2.36. The summed E-state index contributed by atoms with van der Waals surface area (Å²) in [5, 5.41) is 9.00. The highest BCUT2D eigenvalue weighted by molar-refractivity contribution is 7.89. The van der Waals surface area contributed by atoms with Crippen LogP contribution < -0.4 is 0 Å². The fourth-order valence-corrected chi connectivity index (χ4v) is 4.27. The van der Waals surface area contributed by atoms with Crippen molar-refractivity contribution in [1.29, 1.82) is 5.26 Å². The van der Waals surface area contributed by atoms with Gasteiger partial charge in [0.1, 0.15) is 0 Å². The van der Waals surface area contributed by atoms with Crippen LogP contribution in [0.15, 0.2) is 23.1 Å². The molecule has 0 bridgehead atoms. The lowest BCUT2D eigenvalue weighted by Gasteiger charge is -2.23. The zero-order valence-electron chi connectivity index (χ0n) is 12.8. The van der Waals surface area contributed by atoms with E-state index in [4.69, 9.17) is 5.26 Å². The Morgan fingerprint density at radius 2 is 2.05 bits per heavy atom. The minimum atomic E-state index is -3.51. The Bertz CT molecular complexity index is 655. The Morgan fingerprint density at radius 1 is 1.38 bits per heavy atom. The first kappa shape index (κ1) is 16.0. The number of hydrogen-bond acceptors (Lipinski definition) is 3. The first-order valence-corrected chi connectivity index (χ1v) is 8.83. The highest BCUT2D eigenvalue weighted by Gasteiger charge is 2.38. The van der Waals surface area contributed by atoms with Gasteiger partial charge in [-0.15, -0.1) is 0 Å². The second kappa shape index (κ2) is 6.17. The molecule has 1 saturated carbocycles. The van der Waals surface area contributed by atoms with Crippen LogP contribution in [-0.4, -0.2) is 25.3 Å². The van der Waals surface area contributed by atoms with E-state index in [2.05, 4.69) is 13.8 Å². The van der Waals surface area contributed by atoms with E-state index in [1.807, 2.05) is 6.07 Å². The summed E-state index contributed by atoms with van der Waals surface area (Å²) in [6, 6.07) is 7.02. The van der Waals surface area contributed by atoms with Crippen LogP contribution in [0.3, 0.4) is 0 Å². The Labute approximate surface area is 127 Å². The van der Waals surface area contributed by atoms with E-state index in [0.29, 0.717) is 23.6 Å². The smallest absolute Gasteiger partial charge is 0.207 e. The molecule has 1 aromatic carbocycles. The predicted molar refractivity (Wildman–Crippen MR) is 82.3 cm³/mol. The highest BCUT2D eigenvalue weighted by Crippen LogP contribution is 2.33. The van der Waals surface area contributed by atoms with Crippen LogP contribution in [0.1, 0.15) is 44.2 Å². The van der Waals surface area contributed by atoms with Crippen molar-refractivity contribution < 1.29 is 8.42 Å². The summed E-state index contributed by atoms with van der Waals surface area (Å²) in [6.45, 7) is 6.53. The maximum atomic E-state index is 12.9. The molecule has 0 aliphatic heterocycles. The molecule has 2 rings (SSSR count). The van der Waals surface area contributed by atoms with Crippen molar-refractivity contribution in [2.75, 3.05) is 6.54 Å². The molecule has 0 radical (unpaired) electrons. The SMILES string of the molecule is Cc1ccc(C#N)cc1S(=O)(=O)N(CCC(C)C)C1CC1. The molecule has 4 nitrogen and oxygen atoms in total. The van der Waals surface area contributed by atoms with E-state index in [-0.39, 0.29) is 10.9 Å². The van der Waals surface area contributed by atoms with Gasteiger partial charge < -0.3 is 0 Å². The Hall–Kier alpha value is -1.38. The average molecular weight is 306 g/mol. The van der Waals surface area contributed by atoms with Gasteiger partial charge in [0.25, 0.3) is 0 Å². The minimum Gasteiger partial charge on any atom is -0.207 e. The zero-order chi connectivity index (χ0) is 15.6. The monoisotopic (exact) mass is 306 g/mol. The topological polar surface area (TPSA) is 61.2 Å². The molecule has 0 atom stereocenters. The lowest BCUT2D eigenvalue weighted by molar-refractivity contribution is 0.373. The summed E-state index contributed by atoms with van der Waals surface area (Å²) in [5.74, 6) is 0.466. The summed E-state index contributed by atoms with van der Waals surface area (Å²) in [6.07, 6.45) is 2.73. The molecule has 0 amide bonds. The van der Waals surface area contributed by atoms with Gasteiger partial charge in [-0.2, -0.15) is 9.57 Å².